The zero-order valence-electron chi connectivity index (χ0n) is 15.1. The third-order valence-electron chi connectivity index (χ3n) is 4.70. The first-order chi connectivity index (χ1) is 12.1. The van der Waals surface area contributed by atoms with Gasteiger partial charge < -0.3 is 25.4 Å². The van der Waals surface area contributed by atoms with Crippen LogP contribution in [0.2, 0.25) is 0 Å². The number of carbonyl (C=O) groups excluding carboxylic acids is 2. The molecule has 0 aromatic carbocycles. The Morgan fingerprint density at radius 2 is 1.96 bits per heavy atom. The van der Waals surface area contributed by atoms with E-state index in [-0.39, 0.29) is 37.0 Å². The molecule has 0 aromatic heterocycles. The Morgan fingerprint density at radius 1 is 1.20 bits per heavy atom. The highest BCUT2D eigenvalue weighted by atomic mass is 16.5. The zero-order chi connectivity index (χ0) is 18.1. The van der Waals surface area contributed by atoms with E-state index in [4.69, 9.17) is 4.74 Å². The molecule has 2 aliphatic heterocycles. The molecule has 0 unspecified atom stereocenters. The second kappa shape index (κ2) is 10.5. The average molecular weight is 353 g/mol. The molecule has 0 radical (unpaired) electrons. The Balaban J connectivity index is 1.71. The number of rotatable bonds is 8. The number of nitrogens with one attached hydrogen (secondary N) is 2. The second-order valence-electron chi connectivity index (χ2n) is 6.68. The number of aliphatic hydroxyl groups is 1. The lowest BCUT2D eigenvalue weighted by molar-refractivity contribution is -0.128. The van der Waals surface area contributed by atoms with E-state index in [1.807, 2.05) is 6.08 Å². The minimum absolute atomic E-state index is 0.0561. The standard InChI is InChI=1S/C18H31N3O4/c1-2-17(23)20-15-7-6-14(25-16(15)13-22)12-18(24)19-8-11-21-9-4-3-5-10-21/h6-7,14-16,22H,2-5,8-13H2,1H3,(H,19,24)(H,20,23)/t14-,15-,16-/m1/s1. The van der Waals surface area contributed by atoms with Crippen LogP contribution in [-0.2, 0) is 14.3 Å². The van der Waals surface area contributed by atoms with E-state index in [2.05, 4.69) is 15.5 Å². The fourth-order valence-corrected chi connectivity index (χ4v) is 3.22. The molecular weight excluding hydrogens is 322 g/mol. The predicted octanol–water partition coefficient (Wildman–Crippen LogP) is 0.189. The topological polar surface area (TPSA) is 90.9 Å². The average Bonchev–Trinajstić information content (AvgIpc) is 2.63. The van der Waals surface area contributed by atoms with Crippen molar-refractivity contribution in [2.24, 2.45) is 0 Å². The van der Waals surface area contributed by atoms with Gasteiger partial charge in [0.15, 0.2) is 0 Å². The second-order valence-corrected chi connectivity index (χ2v) is 6.68. The number of aliphatic hydroxyl groups excluding tert-OH is 1. The number of piperidine rings is 1. The number of carbonyl (C=O) groups is 2. The summed E-state index contributed by atoms with van der Waals surface area (Å²) in [5.74, 6) is -0.148. The molecular formula is C18H31N3O4. The summed E-state index contributed by atoms with van der Waals surface area (Å²) >= 11 is 0. The molecule has 1 saturated heterocycles. The maximum atomic E-state index is 12.1. The molecule has 0 aromatic rings. The summed E-state index contributed by atoms with van der Waals surface area (Å²) in [6.45, 7) is 5.34. The molecule has 0 saturated carbocycles. The van der Waals surface area contributed by atoms with Crippen LogP contribution in [0.15, 0.2) is 12.2 Å². The molecule has 0 aliphatic carbocycles. The molecule has 142 valence electrons. The van der Waals surface area contributed by atoms with Gasteiger partial charge in [-0.3, -0.25) is 9.59 Å². The summed E-state index contributed by atoms with van der Waals surface area (Å²) < 4.78 is 5.74. The van der Waals surface area contributed by atoms with Gasteiger partial charge in [0.2, 0.25) is 11.8 Å². The number of hydrogen-bond donors (Lipinski definition) is 3. The van der Waals surface area contributed by atoms with Crippen LogP contribution in [0.1, 0.15) is 39.0 Å². The smallest absolute Gasteiger partial charge is 0.222 e. The fraction of sp³-hybridized carbons (Fsp3) is 0.778. The molecule has 7 nitrogen and oxygen atoms in total. The van der Waals surface area contributed by atoms with Crippen LogP contribution < -0.4 is 10.6 Å². The van der Waals surface area contributed by atoms with Crippen molar-refractivity contribution < 1.29 is 19.4 Å². The maximum Gasteiger partial charge on any atom is 0.222 e. The minimum atomic E-state index is -0.522. The van der Waals surface area contributed by atoms with E-state index >= 15 is 0 Å². The summed E-state index contributed by atoms with van der Waals surface area (Å²) in [4.78, 5) is 26.0. The molecule has 25 heavy (non-hydrogen) atoms. The van der Waals surface area contributed by atoms with Gasteiger partial charge in [-0.2, -0.15) is 0 Å². The van der Waals surface area contributed by atoms with Crippen LogP contribution in [-0.4, -0.2) is 72.9 Å². The lowest BCUT2D eigenvalue weighted by Gasteiger charge is -2.31. The first kappa shape index (κ1) is 19.9. The summed E-state index contributed by atoms with van der Waals surface area (Å²) in [5.41, 5.74) is 0. The van der Waals surface area contributed by atoms with Crippen molar-refractivity contribution >= 4 is 11.8 Å². The Morgan fingerprint density at radius 3 is 2.64 bits per heavy atom. The monoisotopic (exact) mass is 353 g/mol. The van der Waals surface area contributed by atoms with Crippen LogP contribution >= 0.6 is 0 Å². The lowest BCUT2D eigenvalue weighted by atomic mass is 10.0. The number of ether oxygens (including phenoxy) is 1. The van der Waals surface area contributed by atoms with E-state index in [1.54, 1.807) is 13.0 Å². The number of hydrogen-bond acceptors (Lipinski definition) is 5. The van der Waals surface area contributed by atoms with Crippen molar-refractivity contribution in [2.45, 2.75) is 57.3 Å². The first-order valence-electron chi connectivity index (χ1n) is 9.35. The van der Waals surface area contributed by atoms with Gasteiger partial charge in [-0.15, -0.1) is 0 Å². The molecule has 2 amide bonds. The Bertz CT molecular complexity index is 463. The van der Waals surface area contributed by atoms with E-state index in [0.29, 0.717) is 13.0 Å². The summed E-state index contributed by atoms with van der Waals surface area (Å²) in [6, 6.07) is -0.351. The van der Waals surface area contributed by atoms with Gasteiger partial charge in [0, 0.05) is 19.5 Å². The van der Waals surface area contributed by atoms with E-state index in [1.165, 1.54) is 19.3 Å². The zero-order valence-corrected chi connectivity index (χ0v) is 15.1. The predicted molar refractivity (Wildman–Crippen MR) is 95.0 cm³/mol. The Hall–Kier alpha value is -1.44. The van der Waals surface area contributed by atoms with Gasteiger partial charge in [-0.1, -0.05) is 25.5 Å². The third-order valence-corrected chi connectivity index (χ3v) is 4.70. The summed E-state index contributed by atoms with van der Waals surface area (Å²) in [7, 11) is 0. The van der Waals surface area contributed by atoms with E-state index in [0.717, 1.165) is 19.6 Å². The molecule has 1 fully saturated rings. The number of likely N-dealkylation sites (tertiary alicyclic amines) is 1. The van der Waals surface area contributed by atoms with Crippen molar-refractivity contribution in [1.82, 2.24) is 15.5 Å². The lowest BCUT2D eigenvalue weighted by Crippen LogP contribution is -2.49. The van der Waals surface area contributed by atoms with Crippen molar-refractivity contribution in [3.8, 4) is 0 Å². The summed E-state index contributed by atoms with van der Waals surface area (Å²) in [6.07, 6.45) is 7.10. The normalized spacial score (nSPS) is 27.0. The molecule has 7 heteroatoms. The largest absolute Gasteiger partial charge is 0.394 e. The van der Waals surface area contributed by atoms with Gasteiger partial charge in [0.05, 0.1) is 25.2 Å². The van der Waals surface area contributed by atoms with Gasteiger partial charge >= 0.3 is 0 Å². The van der Waals surface area contributed by atoms with Gasteiger partial charge in [-0.25, -0.2) is 0 Å². The fourth-order valence-electron chi connectivity index (χ4n) is 3.22. The first-order valence-corrected chi connectivity index (χ1v) is 9.35. The van der Waals surface area contributed by atoms with Crippen molar-refractivity contribution in [2.75, 3.05) is 32.8 Å². The molecule has 2 rings (SSSR count). The van der Waals surface area contributed by atoms with Crippen molar-refractivity contribution in [3.05, 3.63) is 12.2 Å². The van der Waals surface area contributed by atoms with Crippen LogP contribution in [0, 0.1) is 0 Å². The number of nitrogens with zero attached hydrogens (tertiary/aromatic N) is 1. The molecule has 2 heterocycles. The molecule has 3 N–H and O–H groups in total. The molecule has 0 spiro atoms. The highest BCUT2D eigenvalue weighted by molar-refractivity contribution is 5.77. The van der Waals surface area contributed by atoms with Crippen LogP contribution in [0.5, 0.6) is 0 Å². The highest BCUT2D eigenvalue weighted by Gasteiger charge is 2.28. The van der Waals surface area contributed by atoms with Crippen molar-refractivity contribution in [3.63, 3.8) is 0 Å². The summed E-state index contributed by atoms with van der Waals surface area (Å²) in [5, 5.41) is 15.2. The Labute approximate surface area is 149 Å². The van der Waals surface area contributed by atoms with E-state index in [9.17, 15) is 14.7 Å². The number of amides is 2. The SMILES string of the molecule is CCC(=O)N[C@@H]1C=C[C@H](CC(=O)NCCN2CCCCC2)O[C@@H]1CO. The van der Waals surface area contributed by atoms with Gasteiger partial charge in [-0.05, 0) is 25.9 Å². The third kappa shape index (κ3) is 6.76. The minimum Gasteiger partial charge on any atom is -0.394 e. The molecule has 2 aliphatic rings. The van der Waals surface area contributed by atoms with Gasteiger partial charge in [0.25, 0.3) is 0 Å². The molecule has 0 bridgehead atoms. The van der Waals surface area contributed by atoms with E-state index < -0.39 is 6.10 Å². The van der Waals surface area contributed by atoms with Crippen molar-refractivity contribution in [1.29, 1.82) is 0 Å². The molecule has 3 atom stereocenters. The van der Waals surface area contributed by atoms with Crippen LogP contribution in [0.3, 0.4) is 0 Å². The quantitative estimate of drug-likeness (QED) is 0.542. The van der Waals surface area contributed by atoms with Crippen LogP contribution in [0.25, 0.3) is 0 Å². The highest BCUT2D eigenvalue weighted by Crippen LogP contribution is 2.16. The Kier molecular flexibility index (Phi) is 8.37. The van der Waals surface area contributed by atoms with Gasteiger partial charge in [0.1, 0.15) is 6.10 Å². The van der Waals surface area contributed by atoms with Crippen LogP contribution in [0.4, 0.5) is 0 Å². The maximum absolute atomic E-state index is 12.1.